The SMILES string of the molecule is CC(C)(C)CN1CCc2c(C(=O)N3CCC(c4ccc(F)c(F)c4C(F)(F)F)CC3)n[nH]c2C1.CC(C)CC(=O)N1CCc2c(C(=O)N3CCC(c4ccc(F)c(F)c4C(F)(F)F)CC3)n[nH]c2C1.CCCN1CCc2c(C(=O)N3CCC(c4ccc(F)c(F)c4C(F)(F)F)CC3)n[nH]c2C1.O=C(c1n[nH]c2c1CCN(CC(F)(F)F)C2)N1CCC(c2ccc(F)c(F)c2C(F)(F)F)CC1. The smallest absolute Gasteiger partial charge is 0.337 e. The Labute approximate surface area is 760 Å². The summed E-state index contributed by atoms with van der Waals surface area (Å²) >= 11 is 0. The van der Waals surface area contributed by atoms with Gasteiger partial charge in [-0.2, -0.15) is 86.3 Å². The highest BCUT2D eigenvalue weighted by molar-refractivity contribution is 5.96. The van der Waals surface area contributed by atoms with Crippen LogP contribution in [0.4, 0.5) is 101 Å². The van der Waals surface area contributed by atoms with Gasteiger partial charge in [0.2, 0.25) is 5.91 Å². The number of piperidine rings is 4. The van der Waals surface area contributed by atoms with Crippen molar-refractivity contribution in [2.75, 3.05) is 98.2 Å². The lowest BCUT2D eigenvalue weighted by Crippen LogP contribution is -2.40. The van der Waals surface area contributed by atoms with Crippen molar-refractivity contribution in [2.45, 2.75) is 212 Å². The molecule has 5 amide bonds. The Hall–Kier alpha value is -10.7. The lowest BCUT2D eigenvalue weighted by Gasteiger charge is -2.34. The normalized spacial score (nSPS) is 18.0. The number of benzene rings is 4. The standard InChI is InChI=1S/C24H27F5N4O2.C24H29F5N4O.C22H25F5N4O.C21H20F8N4O/c1-13(2)11-19(34)33-10-7-16-18(12-33)30-31-22(16)23(35)32-8-5-14(6-9-32)15-3-4-17(25)21(26)20(15)24(27,28)29;1-23(2,3)13-32-9-8-16-18(12-32)30-31-21(16)22(34)33-10-6-14(7-11-33)15-4-5-17(25)20(26)19(15)24(27,28)29;1-2-8-30-9-7-15-17(12-30)28-29-20(15)21(32)31-10-5-13(6-11-31)14-3-4-16(23)19(24)18(14)22(25,26)27;22-14-2-1-12(16(17(14)23)21(27,28)29)11-3-7-33(8-4-11)19(34)18-13-5-6-32(10-20(24,25)26)9-15(13)30-31-18/h3-4,13-14H,5-12H2,1-2H3,(H,30,31);4-5,14H,6-13H2,1-3H3,(H,30,31);3-4,13H,2,5-12H2,1H3,(H,28,29);1-2,11H,3-10H2,(H,30,31). The van der Waals surface area contributed by atoms with Gasteiger partial charge in [0, 0.05) is 133 Å². The molecule has 135 heavy (non-hydrogen) atoms. The molecule has 0 aliphatic carbocycles. The van der Waals surface area contributed by atoms with Gasteiger partial charge >= 0.3 is 30.9 Å². The fourth-order valence-corrected chi connectivity index (χ4v) is 19.5. The largest absolute Gasteiger partial charge is 0.419 e. The second-order valence-electron chi connectivity index (χ2n) is 37.0. The number of likely N-dealkylation sites (tertiary alicyclic amines) is 4. The van der Waals surface area contributed by atoms with Crippen LogP contribution < -0.4 is 0 Å². The second kappa shape index (κ2) is 40.9. The van der Waals surface area contributed by atoms with Crippen LogP contribution in [0.5, 0.6) is 0 Å². The first-order chi connectivity index (χ1) is 63.4. The molecule has 21 nitrogen and oxygen atoms in total. The highest BCUT2D eigenvalue weighted by Gasteiger charge is 2.48. The molecule has 0 saturated carbocycles. The van der Waals surface area contributed by atoms with Gasteiger partial charge in [-0.3, -0.25) is 59.1 Å². The van der Waals surface area contributed by atoms with E-state index >= 15 is 0 Å². The fraction of sp³-hybridized carbons (Fsp3) is 0.549. The molecular weight excluding hydrogens is 1830 g/mol. The van der Waals surface area contributed by atoms with E-state index in [-0.39, 0.29) is 192 Å². The minimum Gasteiger partial charge on any atom is -0.337 e. The molecule has 0 unspecified atom stereocenters. The van der Waals surface area contributed by atoms with Crippen LogP contribution in [0.1, 0.15) is 261 Å². The van der Waals surface area contributed by atoms with Crippen molar-refractivity contribution in [3.63, 3.8) is 0 Å². The summed E-state index contributed by atoms with van der Waals surface area (Å²) in [6.07, 6.45) is -19.3. The first kappa shape index (κ1) is 102. The van der Waals surface area contributed by atoms with E-state index in [9.17, 15) is 125 Å². The molecule has 736 valence electrons. The second-order valence-corrected chi connectivity index (χ2v) is 37.0. The number of halogens is 23. The van der Waals surface area contributed by atoms with Crippen molar-refractivity contribution in [3.05, 3.63) is 207 Å². The molecule has 0 bridgehead atoms. The van der Waals surface area contributed by atoms with Crippen molar-refractivity contribution in [2.24, 2.45) is 11.3 Å². The maximum absolute atomic E-state index is 14.0. The molecule has 12 heterocycles. The van der Waals surface area contributed by atoms with Crippen LogP contribution >= 0.6 is 0 Å². The van der Waals surface area contributed by atoms with Crippen LogP contribution in [0.25, 0.3) is 0 Å². The summed E-state index contributed by atoms with van der Waals surface area (Å²) in [6.45, 7) is 18.7. The molecule has 0 atom stereocenters. The zero-order valence-electron chi connectivity index (χ0n) is 74.4. The highest BCUT2D eigenvalue weighted by atomic mass is 19.4. The van der Waals surface area contributed by atoms with Gasteiger partial charge in [0.05, 0.1) is 58.1 Å². The number of carbonyl (C=O) groups excluding carboxylic acids is 5. The topological polar surface area (TPSA) is 226 Å². The van der Waals surface area contributed by atoms with Gasteiger partial charge in [0.1, 0.15) is 0 Å². The first-order valence-corrected chi connectivity index (χ1v) is 44.5. The molecule has 16 rings (SSSR count). The molecule has 4 N–H and O–H groups in total. The number of nitrogens with zero attached hydrogens (tertiary/aromatic N) is 12. The van der Waals surface area contributed by atoms with Gasteiger partial charge in [-0.1, -0.05) is 65.8 Å². The first-order valence-electron chi connectivity index (χ1n) is 44.5. The minimum absolute atomic E-state index is 0.0342. The Kier molecular flexibility index (Phi) is 30.9. The van der Waals surface area contributed by atoms with E-state index in [1.54, 1.807) is 14.7 Å². The number of hydrogen-bond acceptors (Lipinski definition) is 12. The number of fused-ring (bicyclic) bond motifs is 4. The third-order valence-electron chi connectivity index (χ3n) is 25.9. The monoisotopic (exact) mass is 1930 g/mol. The van der Waals surface area contributed by atoms with Gasteiger partial charge in [-0.25, -0.2) is 35.1 Å². The van der Waals surface area contributed by atoms with Crippen LogP contribution in [0, 0.1) is 57.9 Å². The van der Waals surface area contributed by atoms with E-state index in [0.29, 0.717) is 92.3 Å². The highest BCUT2D eigenvalue weighted by Crippen LogP contribution is 2.47. The Morgan fingerprint density at radius 2 is 0.600 bits per heavy atom. The Bertz CT molecular complexity index is 5430. The maximum atomic E-state index is 14.0. The molecular formula is C91H101F23N16O5. The molecule has 8 aliphatic heterocycles. The Balaban J connectivity index is 0.000000153. The van der Waals surface area contributed by atoms with Crippen LogP contribution in [0.3, 0.4) is 0 Å². The average Bonchev–Trinajstić information content (AvgIpc) is 1.73. The summed E-state index contributed by atoms with van der Waals surface area (Å²) in [4.78, 5) is 78.3. The van der Waals surface area contributed by atoms with Gasteiger partial charge in [0.15, 0.2) is 69.3 Å². The average molecular weight is 1940 g/mol. The molecule has 4 aromatic carbocycles. The van der Waals surface area contributed by atoms with E-state index in [2.05, 4.69) is 78.3 Å². The van der Waals surface area contributed by atoms with Gasteiger partial charge in [0.25, 0.3) is 23.6 Å². The summed E-state index contributed by atoms with van der Waals surface area (Å²) in [6, 6.07) is 6.77. The number of alkyl halides is 15. The number of H-pyrrole nitrogens is 4. The number of amides is 5. The predicted octanol–water partition coefficient (Wildman–Crippen LogP) is 18.9. The van der Waals surface area contributed by atoms with Gasteiger partial charge in [-0.05, 0) is 172 Å². The molecule has 4 fully saturated rings. The quantitative estimate of drug-likeness (QED) is 0.0746. The number of aromatic amines is 4. The number of rotatable bonds is 14. The van der Waals surface area contributed by atoms with Crippen molar-refractivity contribution < 1.29 is 125 Å². The third-order valence-corrected chi connectivity index (χ3v) is 25.9. The van der Waals surface area contributed by atoms with Crippen LogP contribution in [0.15, 0.2) is 48.5 Å². The molecule has 0 spiro atoms. The Morgan fingerprint density at radius 1 is 0.348 bits per heavy atom. The van der Waals surface area contributed by atoms with E-state index < -0.39 is 136 Å². The van der Waals surface area contributed by atoms with Crippen molar-refractivity contribution in [3.8, 4) is 0 Å². The number of hydrogen-bond donors (Lipinski definition) is 4. The van der Waals surface area contributed by atoms with E-state index in [0.717, 1.165) is 97.1 Å². The van der Waals surface area contributed by atoms with Crippen LogP contribution in [-0.4, -0.2) is 214 Å². The third kappa shape index (κ3) is 23.4. The minimum atomic E-state index is -5.07. The lowest BCUT2D eigenvalue weighted by atomic mass is 9.85. The molecule has 44 heteroatoms. The Morgan fingerprint density at radius 3 is 0.852 bits per heavy atom. The van der Waals surface area contributed by atoms with E-state index in [1.807, 2.05) is 13.8 Å². The molecule has 8 aromatic rings. The summed E-state index contributed by atoms with van der Waals surface area (Å²) < 4.78 is 309. The zero-order chi connectivity index (χ0) is 98.2. The van der Waals surface area contributed by atoms with Crippen LogP contribution in [0.2, 0.25) is 0 Å². The summed E-state index contributed by atoms with van der Waals surface area (Å²) in [5.41, 5.74) is -0.0936. The van der Waals surface area contributed by atoms with Crippen LogP contribution in [-0.2, 0) is 81.4 Å². The number of carbonyl (C=O) groups is 5. The molecule has 8 aliphatic rings. The van der Waals surface area contributed by atoms with Crippen molar-refractivity contribution >= 4 is 29.5 Å². The van der Waals surface area contributed by atoms with Crippen molar-refractivity contribution in [1.29, 1.82) is 0 Å². The molecule has 4 saturated heterocycles. The fourth-order valence-electron chi connectivity index (χ4n) is 19.5. The molecule has 4 aromatic heterocycles. The predicted molar refractivity (Wildman–Crippen MR) is 443 cm³/mol. The molecule has 0 radical (unpaired) electrons. The summed E-state index contributed by atoms with van der Waals surface area (Å²) in [5, 5.41) is 28.1. The summed E-state index contributed by atoms with van der Waals surface area (Å²) in [7, 11) is 0. The summed E-state index contributed by atoms with van der Waals surface area (Å²) in [5.74, 6) is -17.3. The number of aromatic nitrogens is 8. The lowest BCUT2D eigenvalue weighted by molar-refractivity contribution is -0.148. The number of nitrogens with one attached hydrogen (secondary N) is 4. The van der Waals surface area contributed by atoms with Crippen molar-refractivity contribution in [1.82, 2.24) is 80.0 Å². The maximum Gasteiger partial charge on any atom is 0.419 e. The van der Waals surface area contributed by atoms with Gasteiger partial charge in [-0.15, -0.1) is 0 Å². The van der Waals surface area contributed by atoms with E-state index in [4.69, 9.17) is 0 Å². The zero-order valence-corrected chi connectivity index (χ0v) is 74.4. The van der Waals surface area contributed by atoms with E-state index in [1.165, 1.54) is 14.7 Å². The van der Waals surface area contributed by atoms with Gasteiger partial charge < -0.3 is 24.5 Å².